The summed E-state index contributed by atoms with van der Waals surface area (Å²) in [7, 11) is 1.67. The number of ether oxygens (including phenoxy) is 1. The van der Waals surface area contributed by atoms with Gasteiger partial charge in [-0.25, -0.2) is 9.67 Å². The minimum Gasteiger partial charge on any atom is -0.497 e. The fourth-order valence-electron chi connectivity index (χ4n) is 2.27. The van der Waals surface area contributed by atoms with Gasteiger partial charge < -0.3 is 4.74 Å². The zero-order valence-corrected chi connectivity index (χ0v) is 11.2. The number of aryl methyl sites for hydroxylation is 2. The second kappa shape index (κ2) is 4.39. The SMILES string of the molecule is COc1ccc2ccnc(-n3nc(C)cc3C)c2c1. The lowest BCUT2D eigenvalue weighted by Crippen LogP contribution is -2.02. The molecule has 0 saturated carbocycles. The Morgan fingerprint density at radius 3 is 2.63 bits per heavy atom. The van der Waals surface area contributed by atoms with Crippen molar-refractivity contribution < 1.29 is 4.74 Å². The maximum Gasteiger partial charge on any atom is 0.161 e. The first-order chi connectivity index (χ1) is 9.19. The van der Waals surface area contributed by atoms with Gasteiger partial charge in [0.1, 0.15) is 5.75 Å². The van der Waals surface area contributed by atoms with Crippen LogP contribution in [0.2, 0.25) is 0 Å². The van der Waals surface area contributed by atoms with E-state index in [1.54, 1.807) is 13.3 Å². The summed E-state index contributed by atoms with van der Waals surface area (Å²) in [6.07, 6.45) is 1.81. The molecule has 3 aromatic rings. The molecular weight excluding hydrogens is 238 g/mol. The van der Waals surface area contributed by atoms with Crippen LogP contribution in [0, 0.1) is 13.8 Å². The molecule has 3 rings (SSSR count). The van der Waals surface area contributed by atoms with Crippen LogP contribution < -0.4 is 4.74 Å². The van der Waals surface area contributed by atoms with Gasteiger partial charge in [-0.2, -0.15) is 5.10 Å². The van der Waals surface area contributed by atoms with Crippen LogP contribution in [0.25, 0.3) is 16.6 Å². The monoisotopic (exact) mass is 253 g/mol. The van der Waals surface area contributed by atoms with E-state index < -0.39 is 0 Å². The predicted molar refractivity (Wildman–Crippen MR) is 74.9 cm³/mol. The van der Waals surface area contributed by atoms with E-state index in [4.69, 9.17) is 4.74 Å². The van der Waals surface area contributed by atoms with Crippen LogP contribution >= 0.6 is 0 Å². The normalized spacial score (nSPS) is 10.9. The van der Waals surface area contributed by atoms with E-state index in [9.17, 15) is 0 Å². The standard InChI is InChI=1S/C15H15N3O/c1-10-8-11(2)18(17-10)15-14-9-13(19-3)5-4-12(14)6-7-16-15/h4-9H,1-3H3. The third kappa shape index (κ3) is 1.95. The van der Waals surface area contributed by atoms with Crippen LogP contribution in [-0.2, 0) is 0 Å². The summed E-state index contributed by atoms with van der Waals surface area (Å²) >= 11 is 0. The van der Waals surface area contributed by atoms with E-state index in [2.05, 4.69) is 10.1 Å². The molecule has 0 unspecified atom stereocenters. The third-order valence-electron chi connectivity index (χ3n) is 3.16. The first kappa shape index (κ1) is 11.7. The predicted octanol–water partition coefficient (Wildman–Crippen LogP) is 3.05. The molecule has 96 valence electrons. The Morgan fingerprint density at radius 2 is 1.95 bits per heavy atom. The van der Waals surface area contributed by atoms with E-state index in [0.29, 0.717) is 0 Å². The Morgan fingerprint density at radius 1 is 1.11 bits per heavy atom. The van der Waals surface area contributed by atoms with Gasteiger partial charge >= 0.3 is 0 Å². The minimum atomic E-state index is 0.822. The Hall–Kier alpha value is -2.36. The molecule has 0 spiro atoms. The molecule has 0 aliphatic carbocycles. The van der Waals surface area contributed by atoms with Gasteiger partial charge in [-0.15, -0.1) is 0 Å². The summed E-state index contributed by atoms with van der Waals surface area (Å²) in [4.78, 5) is 4.47. The van der Waals surface area contributed by atoms with Crippen LogP contribution in [0.3, 0.4) is 0 Å². The highest BCUT2D eigenvalue weighted by Gasteiger charge is 2.09. The number of hydrogen-bond donors (Lipinski definition) is 0. The smallest absolute Gasteiger partial charge is 0.161 e. The molecule has 0 radical (unpaired) electrons. The fourth-order valence-corrected chi connectivity index (χ4v) is 2.27. The average Bonchev–Trinajstić information content (AvgIpc) is 2.76. The Bertz CT molecular complexity index is 746. The first-order valence-corrected chi connectivity index (χ1v) is 6.15. The van der Waals surface area contributed by atoms with Crippen molar-refractivity contribution in [3.05, 3.63) is 47.9 Å². The first-order valence-electron chi connectivity index (χ1n) is 6.15. The highest BCUT2D eigenvalue weighted by atomic mass is 16.5. The Kier molecular flexibility index (Phi) is 2.71. The van der Waals surface area contributed by atoms with Crippen molar-refractivity contribution in [1.29, 1.82) is 0 Å². The summed E-state index contributed by atoms with van der Waals surface area (Å²) in [5.41, 5.74) is 2.06. The Balaban J connectivity index is 2.31. The van der Waals surface area contributed by atoms with E-state index in [1.807, 2.05) is 48.9 Å². The molecule has 0 aliphatic rings. The second-order valence-corrected chi connectivity index (χ2v) is 4.56. The highest BCUT2D eigenvalue weighted by Crippen LogP contribution is 2.25. The number of aromatic nitrogens is 3. The van der Waals surface area contributed by atoms with Crippen molar-refractivity contribution in [3.8, 4) is 11.6 Å². The minimum absolute atomic E-state index is 0.822. The molecule has 2 heterocycles. The molecular formula is C15H15N3O. The van der Waals surface area contributed by atoms with Gasteiger partial charge in [-0.3, -0.25) is 0 Å². The van der Waals surface area contributed by atoms with Gasteiger partial charge in [0.25, 0.3) is 0 Å². The van der Waals surface area contributed by atoms with Crippen LogP contribution in [0.1, 0.15) is 11.4 Å². The van der Waals surface area contributed by atoms with Crippen molar-refractivity contribution in [3.63, 3.8) is 0 Å². The number of benzene rings is 1. The molecule has 4 heteroatoms. The molecule has 0 bridgehead atoms. The summed E-state index contributed by atoms with van der Waals surface area (Å²) in [6, 6.07) is 10.0. The number of rotatable bonds is 2. The van der Waals surface area contributed by atoms with Crippen molar-refractivity contribution in [2.75, 3.05) is 7.11 Å². The summed E-state index contributed by atoms with van der Waals surface area (Å²) in [6.45, 7) is 4.01. The number of pyridine rings is 1. The zero-order chi connectivity index (χ0) is 13.4. The topological polar surface area (TPSA) is 39.9 Å². The van der Waals surface area contributed by atoms with Crippen LogP contribution in [0.4, 0.5) is 0 Å². The summed E-state index contributed by atoms with van der Waals surface area (Å²) in [5, 5.41) is 6.66. The van der Waals surface area contributed by atoms with Crippen molar-refractivity contribution in [1.82, 2.24) is 14.8 Å². The number of nitrogens with zero attached hydrogens (tertiary/aromatic N) is 3. The molecule has 0 amide bonds. The van der Waals surface area contributed by atoms with Crippen molar-refractivity contribution in [2.45, 2.75) is 13.8 Å². The van der Waals surface area contributed by atoms with Gasteiger partial charge in [-0.05, 0) is 43.5 Å². The maximum atomic E-state index is 5.29. The molecule has 0 fully saturated rings. The van der Waals surface area contributed by atoms with Gasteiger partial charge in [0.15, 0.2) is 5.82 Å². The van der Waals surface area contributed by atoms with Crippen molar-refractivity contribution in [2.24, 2.45) is 0 Å². The number of fused-ring (bicyclic) bond motifs is 1. The maximum absolute atomic E-state index is 5.29. The zero-order valence-electron chi connectivity index (χ0n) is 11.2. The Labute approximate surface area is 111 Å². The van der Waals surface area contributed by atoms with E-state index in [-0.39, 0.29) is 0 Å². The van der Waals surface area contributed by atoms with Crippen LogP contribution in [0.15, 0.2) is 36.5 Å². The average molecular weight is 253 g/mol. The summed E-state index contributed by atoms with van der Waals surface area (Å²) in [5.74, 6) is 1.66. The molecule has 4 nitrogen and oxygen atoms in total. The van der Waals surface area contributed by atoms with Crippen LogP contribution in [0.5, 0.6) is 5.75 Å². The third-order valence-corrected chi connectivity index (χ3v) is 3.16. The van der Waals surface area contributed by atoms with Gasteiger partial charge in [0.05, 0.1) is 12.8 Å². The molecule has 1 aromatic carbocycles. The largest absolute Gasteiger partial charge is 0.497 e. The highest BCUT2D eigenvalue weighted by molar-refractivity contribution is 5.89. The van der Waals surface area contributed by atoms with E-state index in [1.165, 1.54) is 0 Å². The van der Waals surface area contributed by atoms with Gasteiger partial charge in [0, 0.05) is 17.3 Å². The lowest BCUT2D eigenvalue weighted by molar-refractivity contribution is 0.415. The number of hydrogen-bond acceptors (Lipinski definition) is 3. The van der Waals surface area contributed by atoms with E-state index >= 15 is 0 Å². The van der Waals surface area contributed by atoms with E-state index in [0.717, 1.165) is 33.7 Å². The van der Waals surface area contributed by atoms with Gasteiger partial charge in [-0.1, -0.05) is 6.07 Å². The number of methoxy groups -OCH3 is 1. The molecule has 19 heavy (non-hydrogen) atoms. The molecule has 0 aliphatic heterocycles. The van der Waals surface area contributed by atoms with Crippen molar-refractivity contribution >= 4 is 10.8 Å². The lowest BCUT2D eigenvalue weighted by atomic mass is 10.1. The van der Waals surface area contributed by atoms with Crippen LogP contribution in [-0.4, -0.2) is 21.9 Å². The van der Waals surface area contributed by atoms with Gasteiger partial charge in [0.2, 0.25) is 0 Å². The second-order valence-electron chi connectivity index (χ2n) is 4.56. The lowest BCUT2D eigenvalue weighted by Gasteiger charge is -2.08. The fraction of sp³-hybridized carbons (Fsp3) is 0.200. The molecule has 2 aromatic heterocycles. The molecule has 0 N–H and O–H groups in total. The summed E-state index contributed by atoms with van der Waals surface area (Å²) < 4.78 is 7.16. The quantitative estimate of drug-likeness (QED) is 0.704. The molecule has 0 saturated heterocycles. The molecule has 0 atom stereocenters.